The molecule has 1 aliphatic rings. The van der Waals surface area contributed by atoms with E-state index in [1.54, 1.807) is 19.3 Å². The summed E-state index contributed by atoms with van der Waals surface area (Å²) in [6.07, 6.45) is 4.85. The first-order chi connectivity index (χ1) is 9.65. The zero-order valence-electron chi connectivity index (χ0n) is 11.8. The van der Waals surface area contributed by atoms with Gasteiger partial charge in [0.15, 0.2) is 0 Å². The summed E-state index contributed by atoms with van der Waals surface area (Å²) in [5.41, 5.74) is 1.93. The smallest absolute Gasteiger partial charge is 0.136 e. The van der Waals surface area contributed by atoms with Crippen molar-refractivity contribution in [3.05, 3.63) is 59.5 Å². The number of nitrogens with one attached hydrogen (secondary N) is 1. The molecule has 0 aliphatic heterocycles. The lowest BCUT2D eigenvalue weighted by Gasteiger charge is -2.29. The average molecular weight is 271 g/mol. The monoisotopic (exact) mass is 271 g/mol. The highest BCUT2D eigenvalue weighted by Gasteiger charge is 2.28. The summed E-state index contributed by atoms with van der Waals surface area (Å²) in [7, 11) is 0. The second-order valence-electron chi connectivity index (χ2n) is 5.84. The van der Waals surface area contributed by atoms with E-state index < -0.39 is 5.60 Å². The number of hydrogen-bond donors (Lipinski definition) is 2. The number of furan rings is 1. The highest BCUT2D eigenvalue weighted by atomic mass is 16.4. The van der Waals surface area contributed by atoms with Crippen LogP contribution >= 0.6 is 0 Å². The number of benzene rings is 1. The van der Waals surface area contributed by atoms with Crippen molar-refractivity contribution in [1.29, 1.82) is 0 Å². The molecule has 0 bridgehead atoms. The highest BCUT2D eigenvalue weighted by molar-refractivity contribution is 5.30. The maximum Gasteiger partial charge on any atom is 0.136 e. The zero-order chi connectivity index (χ0) is 14.0. The van der Waals surface area contributed by atoms with Gasteiger partial charge in [-0.25, -0.2) is 0 Å². The molecule has 0 unspecified atom stereocenters. The fourth-order valence-electron chi connectivity index (χ4n) is 2.89. The number of aliphatic hydroxyl groups is 1. The van der Waals surface area contributed by atoms with Crippen LogP contribution in [0.15, 0.2) is 47.1 Å². The van der Waals surface area contributed by atoms with Crippen LogP contribution in [0.3, 0.4) is 0 Å². The van der Waals surface area contributed by atoms with Crippen molar-refractivity contribution in [3.8, 4) is 0 Å². The Bertz CT molecular complexity index is 560. The van der Waals surface area contributed by atoms with Crippen LogP contribution in [0.1, 0.15) is 30.2 Å². The first-order valence-corrected chi connectivity index (χ1v) is 7.22. The van der Waals surface area contributed by atoms with Crippen molar-refractivity contribution >= 4 is 0 Å². The molecule has 0 amide bonds. The van der Waals surface area contributed by atoms with E-state index in [2.05, 4.69) is 29.6 Å². The SMILES string of the molecule is C[C@@](O)(CN[C@H]1CCc2ccccc2C1)c1ccco1. The van der Waals surface area contributed by atoms with Crippen molar-refractivity contribution in [3.63, 3.8) is 0 Å². The van der Waals surface area contributed by atoms with E-state index in [1.807, 2.05) is 6.07 Å². The second kappa shape index (κ2) is 5.43. The van der Waals surface area contributed by atoms with Crippen LogP contribution in [0, 0.1) is 0 Å². The van der Waals surface area contributed by atoms with Gasteiger partial charge in [0.25, 0.3) is 0 Å². The Hall–Kier alpha value is -1.58. The summed E-state index contributed by atoms with van der Waals surface area (Å²) in [4.78, 5) is 0. The van der Waals surface area contributed by atoms with Crippen LogP contribution in [0.2, 0.25) is 0 Å². The fourth-order valence-corrected chi connectivity index (χ4v) is 2.89. The van der Waals surface area contributed by atoms with E-state index in [1.165, 1.54) is 11.1 Å². The molecule has 1 aromatic heterocycles. The third-order valence-corrected chi connectivity index (χ3v) is 4.13. The van der Waals surface area contributed by atoms with E-state index in [9.17, 15) is 5.11 Å². The number of hydrogen-bond acceptors (Lipinski definition) is 3. The second-order valence-corrected chi connectivity index (χ2v) is 5.84. The van der Waals surface area contributed by atoms with E-state index in [0.29, 0.717) is 18.3 Å². The van der Waals surface area contributed by atoms with Gasteiger partial charge < -0.3 is 14.8 Å². The highest BCUT2D eigenvalue weighted by Crippen LogP contribution is 2.23. The third-order valence-electron chi connectivity index (χ3n) is 4.13. The van der Waals surface area contributed by atoms with Gasteiger partial charge in [-0.2, -0.15) is 0 Å². The molecule has 1 heterocycles. The molecule has 3 nitrogen and oxygen atoms in total. The number of fused-ring (bicyclic) bond motifs is 1. The van der Waals surface area contributed by atoms with Gasteiger partial charge in [0.05, 0.1) is 6.26 Å². The quantitative estimate of drug-likeness (QED) is 0.898. The standard InChI is InChI=1S/C17H21NO2/c1-17(19,16-7-4-10-20-16)12-18-15-9-8-13-5-2-3-6-14(13)11-15/h2-7,10,15,18-19H,8-9,11-12H2,1H3/t15-,17+/m0/s1. The lowest BCUT2D eigenvalue weighted by Crippen LogP contribution is -2.43. The lowest BCUT2D eigenvalue weighted by atomic mass is 9.88. The molecular formula is C17H21NO2. The Balaban J connectivity index is 1.60. The minimum Gasteiger partial charge on any atom is -0.466 e. The van der Waals surface area contributed by atoms with E-state index >= 15 is 0 Å². The Morgan fingerprint density at radius 1 is 1.25 bits per heavy atom. The molecule has 3 rings (SSSR count). The van der Waals surface area contributed by atoms with E-state index in [4.69, 9.17) is 4.42 Å². The van der Waals surface area contributed by atoms with Crippen molar-refractivity contribution in [2.75, 3.05) is 6.54 Å². The largest absolute Gasteiger partial charge is 0.466 e. The Labute approximate surface area is 119 Å². The molecule has 3 heteroatoms. The van der Waals surface area contributed by atoms with Gasteiger partial charge in [-0.3, -0.25) is 0 Å². The van der Waals surface area contributed by atoms with Crippen LogP contribution in [0.5, 0.6) is 0 Å². The molecule has 1 aliphatic carbocycles. The third kappa shape index (κ3) is 2.79. The Kier molecular flexibility index (Phi) is 3.64. The molecule has 106 valence electrons. The number of rotatable bonds is 4. The van der Waals surface area contributed by atoms with Gasteiger partial charge in [-0.1, -0.05) is 24.3 Å². The minimum absolute atomic E-state index is 0.423. The predicted molar refractivity (Wildman–Crippen MR) is 78.5 cm³/mol. The lowest BCUT2D eigenvalue weighted by molar-refractivity contribution is 0.0311. The topological polar surface area (TPSA) is 45.4 Å². The van der Waals surface area contributed by atoms with Gasteiger partial charge in [-0.15, -0.1) is 0 Å². The molecule has 0 saturated carbocycles. The van der Waals surface area contributed by atoms with Crippen molar-refractivity contribution in [1.82, 2.24) is 5.32 Å². The average Bonchev–Trinajstić information content (AvgIpc) is 3.00. The van der Waals surface area contributed by atoms with Crippen molar-refractivity contribution in [2.24, 2.45) is 0 Å². The Morgan fingerprint density at radius 2 is 2.05 bits per heavy atom. The van der Waals surface area contributed by atoms with Crippen LogP contribution in [-0.2, 0) is 18.4 Å². The molecule has 20 heavy (non-hydrogen) atoms. The molecule has 2 aromatic rings. The summed E-state index contributed by atoms with van der Waals surface area (Å²) < 4.78 is 5.30. The van der Waals surface area contributed by atoms with Gasteiger partial charge in [0, 0.05) is 12.6 Å². The summed E-state index contributed by atoms with van der Waals surface area (Å²) in [5, 5.41) is 13.9. The van der Waals surface area contributed by atoms with Crippen LogP contribution in [0.4, 0.5) is 0 Å². The summed E-state index contributed by atoms with van der Waals surface area (Å²) in [5.74, 6) is 0.612. The van der Waals surface area contributed by atoms with Gasteiger partial charge in [0.1, 0.15) is 11.4 Å². The summed E-state index contributed by atoms with van der Waals surface area (Å²) >= 11 is 0. The van der Waals surface area contributed by atoms with Crippen LogP contribution in [0.25, 0.3) is 0 Å². The van der Waals surface area contributed by atoms with E-state index in [0.717, 1.165) is 19.3 Å². The first kappa shape index (κ1) is 13.4. The molecule has 1 aromatic carbocycles. The zero-order valence-corrected chi connectivity index (χ0v) is 11.8. The Morgan fingerprint density at radius 3 is 2.80 bits per heavy atom. The molecule has 0 fully saturated rings. The molecule has 0 saturated heterocycles. The minimum atomic E-state index is -0.958. The van der Waals surface area contributed by atoms with Crippen molar-refractivity contribution < 1.29 is 9.52 Å². The molecular weight excluding hydrogens is 250 g/mol. The molecule has 0 radical (unpaired) electrons. The normalized spacial score (nSPS) is 21.2. The maximum atomic E-state index is 10.4. The van der Waals surface area contributed by atoms with Gasteiger partial charge >= 0.3 is 0 Å². The van der Waals surface area contributed by atoms with Gasteiger partial charge in [0.2, 0.25) is 0 Å². The summed E-state index contributed by atoms with van der Waals surface area (Å²) in [6.45, 7) is 2.29. The summed E-state index contributed by atoms with van der Waals surface area (Å²) in [6, 6.07) is 12.7. The first-order valence-electron chi connectivity index (χ1n) is 7.22. The van der Waals surface area contributed by atoms with Crippen LogP contribution < -0.4 is 5.32 Å². The van der Waals surface area contributed by atoms with Crippen molar-refractivity contribution in [2.45, 2.75) is 37.8 Å². The molecule has 2 N–H and O–H groups in total. The predicted octanol–water partition coefficient (Wildman–Crippen LogP) is 2.63. The maximum absolute atomic E-state index is 10.4. The molecule has 0 spiro atoms. The number of aryl methyl sites for hydroxylation is 1. The van der Waals surface area contributed by atoms with E-state index in [-0.39, 0.29) is 0 Å². The fraction of sp³-hybridized carbons (Fsp3) is 0.412. The van der Waals surface area contributed by atoms with Gasteiger partial charge in [-0.05, 0) is 49.4 Å². The molecule has 2 atom stereocenters. The van der Waals surface area contributed by atoms with Crippen LogP contribution in [-0.4, -0.2) is 17.7 Å².